The van der Waals surface area contributed by atoms with Gasteiger partial charge in [0.25, 0.3) is 5.69 Å². The lowest BCUT2D eigenvalue weighted by Gasteiger charge is -2.15. The summed E-state index contributed by atoms with van der Waals surface area (Å²) in [5, 5.41) is 15.7. The highest BCUT2D eigenvalue weighted by atomic mass is 32.1. The first kappa shape index (κ1) is 17.0. The monoisotopic (exact) mass is 311 g/mol. The fraction of sp³-hybridized carbons (Fsp3) is 0.385. The zero-order valence-electron chi connectivity index (χ0n) is 11.5. The van der Waals surface area contributed by atoms with Crippen LogP contribution in [0.15, 0.2) is 24.3 Å². The molecule has 2 N–H and O–H groups in total. The number of hydrogen-bond acceptors (Lipinski definition) is 5. The zero-order valence-corrected chi connectivity index (χ0v) is 12.4. The summed E-state index contributed by atoms with van der Waals surface area (Å²) in [6, 6.07) is 5.47. The van der Waals surface area contributed by atoms with Crippen molar-refractivity contribution in [2.75, 3.05) is 12.3 Å². The molecule has 2 amide bonds. The van der Waals surface area contributed by atoms with Gasteiger partial charge in [0.2, 0.25) is 11.8 Å². The predicted molar refractivity (Wildman–Crippen MR) is 81.3 cm³/mol. The molecule has 114 valence electrons. The summed E-state index contributed by atoms with van der Waals surface area (Å²) >= 11 is 4.01. The van der Waals surface area contributed by atoms with E-state index in [1.54, 1.807) is 12.1 Å². The fourth-order valence-corrected chi connectivity index (χ4v) is 1.93. The van der Waals surface area contributed by atoms with Gasteiger partial charge in [-0.2, -0.15) is 12.6 Å². The van der Waals surface area contributed by atoms with Gasteiger partial charge in [-0.3, -0.25) is 19.7 Å². The molecule has 21 heavy (non-hydrogen) atoms. The molecule has 0 aliphatic rings. The van der Waals surface area contributed by atoms with Crippen molar-refractivity contribution in [3.05, 3.63) is 39.9 Å². The smallest absolute Gasteiger partial charge is 0.269 e. The van der Waals surface area contributed by atoms with Crippen LogP contribution in [0.2, 0.25) is 0 Å². The molecule has 0 radical (unpaired) electrons. The Kier molecular flexibility index (Phi) is 6.67. The number of hydrogen-bond donors (Lipinski definition) is 3. The van der Waals surface area contributed by atoms with Crippen molar-refractivity contribution < 1.29 is 14.5 Å². The van der Waals surface area contributed by atoms with E-state index < -0.39 is 11.0 Å². The standard InChI is InChI=1S/C13H17N3O4S/c1-9(17)15-12(8-21)13(18)14-7-6-10-2-4-11(5-3-10)16(19)20/h2-5,12,21H,6-8H2,1H3,(H,14,18)(H,15,17). The normalized spacial score (nSPS) is 11.5. The van der Waals surface area contributed by atoms with Gasteiger partial charge in [0.05, 0.1) is 4.92 Å². The fourth-order valence-electron chi connectivity index (χ4n) is 1.68. The number of nitrogens with one attached hydrogen (secondary N) is 2. The Balaban J connectivity index is 2.43. The van der Waals surface area contributed by atoms with Crippen LogP contribution in [0.3, 0.4) is 0 Å². The molecule has 1 unspecified atom stereocenters. The number of nitro benzene ring substituents is 1. The lowest BCUT2D eigenvalue weighted by molar-refractivity contribution is -0.384. The molecule has 0 heterocycles. The summed E-state index contributed by atoms with van der Waals surface area (Å²) in [4.78, 5) is 32.8. The largest absolute Gasteiger partial charge is 0.354 e. The molecule has 0 aliphatic heterocycles. The third kappa shape index (κ3) is 5.82. The van der Waals surface area contributed by atoms with Crippen LogP contribution in [0, 0.1) is 10.1 Å². The molecule has 0 bridgehead atoms. The highest BCUT2D eigenvalue weighted by Crippen LogP contribution is 2.11. The average molecular weight is 311 g/mol. The van der Waals surface area contributed by atoms with Gasteiger partial charge in [-0.15, -0.1) is 0 Å². The third-order valence-corrected chi connectivity index (χ3v) is 3.10. The Morgan fingerprint density at radius 3 is 2.43 bits per heavy atom. The second kappa shape index (κ2) is 8.25. The Bertz CT molecular complexity index is 519. The molecule has 0 saturated carbocycles. The highest BCUT2D eigenvalue weighted by molar-refractivity contribution is 7.80. The highest BCUT2D eigenvalue weighted by Gasteiger charge is 2.16. The minimum Gasteiger partial charge on any atom is -0.354 e. The Labute approximate surface area is 127 Å². The van der Waals surface area contributed by atoms with Crippen LogP contribution in [0.4, 0.5) is 5.69 Å². The maximum atomic E-state index is 11.8. The molecule has 1 aromatic carbocycles. The molecule has 0 spiro atoms. The number of nitrogens with zero attached hydrogens (tertiary/aromatic N) is 1. The summed E-state index contributed by atoms with van der Waals surface area (Å²) < 4.78 is 0. The van der Waals surface area contributed by atoms with Gasteiger partial charge in [-0.05, 0) is 12.0 Å². The first-order valence-electron chi connectivity index (χ1n) is 6.33. The van der Waals surface area contributed by atoms with Crippen molar-refractivity contribution in [3.8, 4) is 0 Å². The van der Waals surface area contributed by atoms with Gasteiger partial charge in [0.15, 0.2) is 0 Å². The van der Waals surface area contributed by atoms with E-state index in [-0.39, 0.29) is 23.3 Å². The van der Waals surface area contributed by atoms with Crippen molar-refractivity contribution in [2.45, 2.75) is 19.4 Å². The quantitative estimate of drug-likeness (QED) is 0.392. The topological polar surface area (TPSA) is 101 Å². The molecular formula is C13H17N3O4S. The van der Waals surface area contributed by atoms with E-state index in [2.05, 4.69) is 23.3 Å². The number of benzene rings is 1. The van der Waals surface area contributed by atoms with Gasteiger partial charge >= 0.3 is 0 Å². The van der Waals surface area contributed by atoms with Gasteiger partial charge < -0.3 is 10.6 Å². The first-order chi connectivity index (χ1) is 9.93. The Morgan fingerprint density at radius 2 is 1.95 bits per heavy atom. The summed E-state index contributed by atoms with van der Waals surface area (Å²) in [5.74, 6) is -0.384. The minimum absolute atomic E-state index is 0.0311. The average Bonchev–Trinajstić information content (AvgIpc) is 2.44. The number of carbonyl (C=O) groups is 2. The summed E-state index contributed by atoms with van der Waals surface area (Å²) in [5.41, 5.74) is 0.909. The van der Waals surface area contributed by atoms with Crippen molar-refractivity contribution in [3.63, 3.8) is 0 Å². The summed E-state index contributed by atoms with van der Waals surface area (Å²) in [7, 11) is 0. The zero-order chi connectivity index (χ0) is 15.8. The van der Waals surface area contributed by atoms with E-state index in [1.165, 1.54) is 19.1 Å². The van der Waals surface area contributed by atoms with E-state index in [0.717, 1.165) is 5.56 Å². The molecule has 1 rings (SSSR count). The van der Waals surface area contributed by atoms with Crippen LogP contribution in [0.5, 0.6) is 0 Å². The second-order valence-electron chi connectivity index (χ2n) is 4.40. The molecule has 0 aliphatic carbocycles. The number of nitro groups is 1. The molecular weight excluding hydrogens is 294 g/mol. The van der Waals surface area contributed by atoms with Crippen LogP contribution in [0.25, 0.3) is 0 Å². The van der Waals surface area contributed by atoms with Crippen LogP contribution in [-0.4, -0.2) is 35.1 Å². The number of thiol groups is 1. The van der Waals surface area contributed by atoms with Crippen molar-refractivity contribution in [2.24, 2.45) is 0 Å². The van der Waals surface area contributed by atoms with E-state index in [0.29, 0.717) is 13.0 Å². The maximum Gasteiger partial charge on any atom is 0.269 e. The SMILES string of the molecule is CC(=O)NC(CS)C(=O)NCCc1ccc([N+](=O)[O-])cc1. The number of amides is 2. The third-order valence-electron chi connectivity index (χ3n) is 2.74. The molecule has 0 fully saturated rings. The van der Waals surface area contributed by atoms with Gasteiger partial charge in [0, 0.05) is 31.4 Å². The van der Waals surface area contributed by atoms with Crippen molar-refractivity contribution in [1.29, 1.82) is 0 Å². The van der Waals surface area contributed by atoms with Gasteiger partial charge in [-0.1, -0.05) is 12.1 Å². The number of carbonyl (C=O) groups excluding carboxylic acids is 2. The van der Waals surface area contributed by atoms with Crippen LogP contribution < -0.4 is 10.6 Å². The van der Waals surface area contributed by atoms with E-state index in [4.69, 9.17) is 0 Å². The Morgan fingerprint density at radius 1 is 1.33 bits per heavy atom. The lowest BCUT2D eigenvalue weighted by Crippen LogP contribution is -2.47. The maximum absolute atomic E-state index is 11.8. The lowest BCUT2D eigenvalue weighted by atomic mass is 10.1. The first-order valence-corrected chi connectivity index (χ1v) is 6.96. The van der Waals surface area contributed by atoms with Crippen LogP contribution >= 0.6 is 12.6 Å². The van der Waals surface area contributed by atoms with Crippen molar-refractivity contribution >= 4 is 30.1 Å². The minimum atomic E-state index is -0.664. The molecule has 0 aromatic heterocycles. The second-order valence-corrected chi connectivity index (χ2v) is 4.77. The van der Waals surface area contributed by atoms with E-state index in [9.17, 15) is 19.7 Å². The van der Waals surface area contributed by atoms with Crippen molar-refractivity contribution in [1.82, 2.24) is 10.6 Å². The molecule has 8 heteroatoms. The number of non-ortho nitro benzene ring substituents is 1. The molecule has 0 saturated heterocycles. The predicted octanol–water partition coefficient (Wildman–Crippen LogP) is 0.688. The summed E-state index contributed by atoms with van der Waals surface area (Å²) in [6.45, 7) is 1.71. The van der Waals surface area contributed by atoms with E-state index in [1.807, 2.05) is 0 Å². The van der Waals surface area contributed by atoms with E-state index >= 15 is 0 Å². The van der Waals surface area contributed by atoms with Crippen LogP contribution in [-0.2, 0) is 16.0 Å². The molecule has 7 nitrogen and oxygen atoms in total. The summed E-state index contributed by atoms with van der Waals surface area (Å²) in [6.07, 6.45) is 0.545. The number of rotatable bonds is 7. The Hall–Kier alpha value is -2.09. The van der Waals surface area contributed by atoms with Gasteiger partial charge in [-0.25, -0.2) is 0 Å². The van der Waals surface area contributed by atoms with Crippen LogP contribution in [0.1, 0.15) is 12.5 Å². The molecule has 1 atom stereocenters. The molecule has 1 aromatic rings. The van der Waals surface area contributed by atoms with Gasteiger partial charge in [0.1, 0.15) is 6.04 Å².